The molecule has 0 saturated heterocycles. The minimum atomic E-state index is 0.215. The van der Waals surface area contributed by atoms with E-state index in [1.165, 1.54) is 0 Å². The number of thiazole rings is 1. The Hall–Kier alpha value is -2.97. The van der Waals surface area contributed by atoms with Gasteiger partial charge in [0.05, 0.1) is 12.8 Å². The molecular formula is C22H26N6OS. The highest BCUT2D eigenvalue weighted by atomic mass is 32.1. The zero-order valence-electron chi connectivity index (χ0n) is 17.4. The second kappa shape index (κ2) is 9.23. The average molecular weight is 423 g/mol. The molecule has 156 valence electrons. The van der Waals surface area contributed by atoms with Crippen LogP contribution < -0.4 is 15.4 Å². The van der Waals surface area contributed by atoms with Crippen molar-refractivity contribution in [3.8, 4) is 28.4 Å². The van der Waals surface area contributed by atoms with Gasteiger partial charge in [0, 0.05) is 35.9 Å². The molecule has 1 aromatic carbocycles. The molecule has 0 amide bonds. The van der Waals surface area contributed by atoms with Crippen molar-refractivity contribution in [1.29, 1.82) is 0 Å². The molecule has 3 aromatic heterocycles. The van der Waals surface area contributed by atoms with E-state index in [9.17, 15) is 0 Å². The lowest BCUT2D eigenvalue weighted by Crippen LogP contribution is -2.31. The number of nitrogens with one attached hydrogen (secondary N) is 2. The van der Waals surface area contributed by atoms with Crippen LogP contribution >= 0.6 is 11.3 Å². The monoisotopic (exact) mass is 422 g/mol. The van der Waals surface area contributed by atoms with Gasteiger partial charge in [0.15, 0.2) is 4.96 Å². The number of aromatic nitrogens is 4. The second-order valence-electron chi connectivity index (χ2n) is 7.08. The molecule has 30 heavy (non-hydrogen) atoms. The number of methoxy groups -OCH3 is 1. The minimum Gasteiger partial charge on any atom is -0.496 e. The number of benzene rings is 1. The summed E-state index contributed by atoms with van der Waals surface area (Å²) in [7, 11) is 1.68. The predicted molar refractivity (Wildman–Crippen MR) is 122 cm³/mol. The summed E-state index contributed by atoms with van der Waals surface area (Å²) in [6, 6.07) is 10.1. The third kappa shape index (κ3) is 4.15. The molecule has 0 aliphatic carbocycles. The van der Waals surface area contributed by atoms with Gasteiger partial charge in [-0.1, -0.05) is 19.1 Å². The van der Waals surface area contributed by atoms with Gasteiger partial charge < -0.3 is 15.4 Å². The van der Waals surface area contributed by atoms with E-state index in [0.717, 1.165) is 52.9 Å². The molecule has 4 aromatic rings. The third-order valence-electron chi connectivity index (χ3n) is 4.78. The van der Waals surface area contributed by atoms with Crippen LogP contribution in [0, 0.1) is 0 Å². The van der Waals surface area contributed by atoms with Crippen molar-refractivity contribution < 1.29 is 4.74 Å². The van der Waals surface area contributed by atoms with Gasteiger partial charge in [-0.2, -0.15) is 0 Å². The third-order valence-corrected chi connectivity index (χ3v) is 5.53. The lowest BCUT2D eigenvalue weighted by atomic mass is 10.1. The van der Waals surface area contributed by atoms with Crippen LogP contribution in [0.15, 0.2) is 48.1 Å². The summed E-state index contributed by atoms with van der Waals surface area (Å²) in [6.07, 6.45) is 4.92. The SMILES string of the molecule is CCCNC[C@@H](C)Nc1nccc(-c2c(-c3ccccc3OC)nc3sccn23)n1. The second-order valence-corrected chi connectivity index (χ2v) is 7.95. The number of fused-ring (bicyclic) bond motifs is 1. The zero-order valence-corrected chi connectivity index (χ0v) is 18.2. The summed E-state index contributed by atoms with van der Waals surface area (Å²) >= 11 is 1.59. The highest BCUT2D eigenvalue weighted by Gasteiger charge is 2.21. The Balaban J connectivity index is 1.72. The first-order chi connectivity index (χ1) is 14.7. The van der Waals surface area contributed by atoms with Crippen LogP contribution in [0.25, 0.3) is 27.6 Å². The largest absolute Gasteiger partial charge is 0.496 e. The number of para-hydroxylation sites is 1. The highest BCUT2D eigenvalue weighted by molar-refractivity contribution is 7.15. The predicted octanol–water partition coefficient (Wildman–Crippen LogP) is 4.33. The van der Waals surface area contributed by atoms with Crippen molar-refractivity contribution in [2.45, 2.75) is 26.3 Å². The summed E-state index contributed by atoms with van der Waals surface area (Å²) in [5.41, 5.74) is 3.53. The summed E-state index contributed by atoms with van der Waals surface area (Å²) < 4.78 is 7.66. The summed E-state index contributed by atoms with van der Waals surface area (Å²) in [6.45, 7) is 6.14. The van der Waals surface area contributed by atoms with Crippen LogP contribution in [0.3, 0.4) is 0 Å². The smallest absolute Gasteiger partial charge is 0.223 e. The fraction of sp³-hybridized carbons (Fsp3) is 0.318. The molecule has 1 atom stereocenters. The fourth-order valence-electron chi connectivity index (χ4n) is 3.39. The summed E-state index contributed by atoms with van der Waals surface area (Å²) in [5.74, 6) is 1.39. The Morgan fingerprint density at radius 2 is 2.07 bits per heavy atom. The van der Waals surface area contributed by atoms with Crippen LogP contribution in [-0.4, -0.2) is 45.6 Å². The van der Waals surface area contributed by atoms with Crippen molar-refractivity contribution in [2.75, 3.05) is 25.5 Å². The number of imidazole rings is 1. The van der Waals surface area contributed by atoms with E-state index in [0.29, 0.717) is 5.95 Å². The molecular weight excluding hydrogens is 396 g/mol. The standard InChI is InChI=1S/C22H26N6OS/c1-4-10-23-14-15(2)25-21-24-11-9-17(26-21)20-19(27-22-28(20)12-13-30-22)16-7-5-6-8-18(16)29-3/h5-9,11-13,15,23H,4,10,14H2,1-3H3,(H,24,25,26)/t15-/m1/s1. The molecule has 0 aliphatic heterocycles. The lowest BCUT2D eigenvalue weighted by Gasteiger charge is -2.15. The number of hydrogen-bond donors (Lipinski definition) is 2. The van der Waals surface area contributed by atoms with Crippen molar-refractivity contribution in [1.82, 2.24) is 24.7 Å². The lowest BCUT2D eigenvalue weighted by molar-refractivity contribution is 0.416. The van der Waals surface area contributed by atoms with Gasteiger partial charge >= 0.3 is 0 Å². The van der Waals surface area contributed by atoms with Gasteiger partial charge in [-0.3, -0.25) is 4.40 Å². The minimum absolute atomic E-state index is 0.215. The van der Waals surface area contributed by atoms with Gasteiger partial charge in [-0.05, 0) is 38.1 Å². The van der Waals surface area contributed by atoms with Crippen LogP contribution in [0.2, 0.25) is 0 Å². The number of rotatable bonds is 9. The van der Waals surface area contributed by atoms with Gasteiger partial charge in [-0.25, -0.2) is 15.0 Å². The Morgan fingerprint density at radius 1 is 1.20 bits per heavy atom. The first-order valence-corrected chi connectivity index (χ1v) is 11.0. The molecule has 0 fully saturated rings. The van der Waals surface area contributed by atoms with Crippen LogP contribution in [-0.2, 0) is 0 Å². The Morgan fingerprint density at radius 3 is 2.90 bits per heavy atom. The van der Waals surface area contributed by atoms with E-state index in [1.807, 2.05) is 41.9 Å². The van der Waals surface area contributed by atoms with Crippen molar-refractivity contribution in [3.05, 3.63) is 48.1 Å². The van der Waals surface area contributed by atoms with Crippen LogP contribution in [0.1, 0.15) is 20.3 Å². The van der Waals surface area contributed by atoms with Gasteiger partial charge in [0.25, 0.3) is 0 Å². The fourth-order valence-corrected chi connectivity index (χ4v) is 4.10. The van der Waals surface area contributed by atoms with Gasteiger partial charge in [0.2, 0.25) is 5.95 Å². The van der Waals surface area contributed by atoms with Crippen molar-refractivity contribution >= 4 is 22.2 Å². The number of anilines is 1. The normalized spacial score (nSPS) is 12.2. The highest BCUT2D eigenvalue weighted by Crippen LogP contribution is 2.37. The van der Waals surface area contributed by atoms with E-state index in [2.05, 4.69) is 33.9 Å². The summed E-state index contributed by atoms with van der Waals surface area (Å²) in [5, 5.41) is 8.83. The zero-order chi connectivity index (χ0) is 20.9. The van der Waals surface area contributed by atoms with E-state index in [-0.39, 0.29) is 6.04 Å². The maximum absolute atomic E-state index is 5.59. The molecule has 7 nitrogen and oxygen atoms in total. The molecule has 0 unspecified atom stereocenters. The molecule has 0 radical (unpaired) electrons. The number of nitrogens with zero attached hydrogens (tertiary/aromatic N) is 4. The van der Waals surface area contributed by atoms with Gasteiger partial charge in [0.1, 0.15) is 17.1 Å². The number of ether oxygens (including phenoxy) is 1. The average Bonchev–Trinajstić information content (AvgIpc) is 3.35. The molecule has 4 rings (SSSR count). The van der Waals surface area contributed by atoms with E-state index >= 15 is 0 Å². The molecule has 0 saturated carbocycles. The summed E-state index contributed by atoms with van der Waals surface area (Å²) in [4.78, 5) is 15.0. The Labute approximate surface area is 180 Å². The topological polar surface area (TPSA) is 76.4 Å². The molecule has 0 bridgehead atoms. The molecule has 8 heteroatoms. The maximum Gasteiger partial charge on any atom is 0.223 e. The molecule has 0 spiro atoms. The molecule has 0 aliphatic rings. The number of hydrogen-bond acceptors (Lipinski definition) is 7. The first-order valence-electron chi connectivity index (χ1n) is 10.1. The first kappa shape index (κ1) is 20.3. The quantitative estimate of drug-likeness (QED) is 0.391. The van der Waals surface area contributed by atoms with Crippen LogP contribution in [0.5, 0.6) is 5.75 Å². The molecule has 3 heterocycles. The maximum atomic E-state index is 5.59. The van der Waals surface area contributed by atoms with E-state index < -0.39 is 0 Å². The van der Waals surface area contributed by atoms with Crippen molar-refractivity contribution in [3.63, 3.8) is 0 Å². The molecule has 2 N–H and O–H groups in total. The Kier molecular flexibility index (Phi) is 6.25. The van der Waals surface area contributed by atoms with Crippen LogP contribution in [0.4, 0.5) is 5.95 Å². The van der Waals surface area contributed by atoms with Gasteiger partial charge in [-0.15, -0.1) is 11.3 Å². The van der Waals surface area contributed by atoms with E-state index in [4.69, 9.17) is 14.7 Å². The van der Waals surface area contributed by atoms with Crippen molar-refractivity contribution in [2.24, 2.45) is 0 Å². The Bertz CT molecular complexity index is 1120. The van der Waals surface area contributed by atoms with E-state index in [1.54, 1.807) is 24.6 Å².